The first-order valence-electron chi connectivity index (χ1n) is 8.99. The van der Waals surface area contributed by atoms with Gasteiger partial charge in [0.25, 0.3) is 0 Å². The standard InChI is InChI=1S/C18H29N3O3/c1-2-5-18(24-11-3-6-20-7-12-22-13-8-20)17(4-1)16-19-21-9-14-23-15-10-21/h1-2,4-5,19H,3,6-16H2. The Morgan fingerprint density at radius 1 is 0.958 bits per heavy atom. The topological polar surface area (TPSA) is 46.2 Å². The Labute approximate surface area is 144 Å². The normalized spacial score (nSPS) is 20.2. The predicted octanol–water partition coefficient (Wildman–Crippen LogP) is 1.12. The van der Waals surface area contributed by atoms with Gasteiger partial charge < -0.3 is 14.2 Å². The van der Waals surface area contributed by atoms with Crippen LogP contribution >= 0.6 is 0 Å². The number of nitrogens with zero attached hydrogens (tertiary/aromatic N) is 2. The second-order valence-corrected chi connectivity index (χ2v) is 6.20. The van der Waals surface area contributed by atoms with Gasteiger partial charge in [-0.15, -0.1) is 0 Å². The van der Waals surface area contributed by atoms with Crippen LogP contribution in [0, 0.1) is 0 Å². The Bertz CT molecular complexity index is 474. The monoisotopic (exact) mass is 335 g/mol. The molecule has 1 N–H and O–H groups in total. The van der Waals surface area contributed by atoms with Gasteiger partial charge in [-0.25, -0.2) is 5.01 Å². The summed E-state index contributed by atoms with van der Waals surface area (Å²) in [5, 5.41) is 2.22. The maximum absolute atomic E-state index is 6.03. The van der Waals surface area contributed by atoms with Gasteiger partial charge in [0, 0.05) is 44.8 Å². The van der Waals surface area contributed by atoms with Gasteiger partial charge in [-0.2, -0.15) is 0 Å². The van der Waals surface area contributed by atoms with E-state index in [9.17, 15) is 0 Å². The van der Waals surface area contributed by atoms with Crippen molar-refractivity contribution in [1.82, 2.24) is 15.3 Å². The summed E-state index contributed by atoms with van der Waals surface area (Å²) in [6, 6.07) is 8.29. The number of hydrogen-bond acceptors (Lipinski definition) is 6. The zero-order valence-corrected chi connectivity index (χ0v) is 14.4. The van der Waals surface area contributed by atoms with E-state index in [4.69, 9.17) is 14.2 Å². The van der Waals surface area contributed by atoms with E-state index in [1.54, 1.807) is 0 Å². The number of hydrazine groups is 1. The zero-order valence-electron chi connectivity index (χ0n) is 14.4. The Morgan fingerprint density at radius 2 is 1.67 bits per heavy atom. The van der Waals surface area contributed by atoms with Gasteiger partial charge in [-0.3, -0.25) is 10.3 Å². The highest BCUT2D eigenvalue weighted by Crippen LogP contribution is 2.18. The van der Waals surface area contributed by atoms with E-state index in [-0.39, 0.29) is 0 Å². The van der Waals surface area contributed by atoms with Crippen LogP contribution in [0.4, 0.5) is 0 Å². The van der Waals surface area contributed by atoms with E-state index in [2.05, 4.69) is 33.5 Å². The molecular formula is C18H29N3O3. The molecule has 3 rings (SSSR count). The first-order chi connectivity index (χ1) is 11.9. The van der Waals surface area contributed by atoms with E-state index >= 15 is 0 Å². The van der Waals surface area contributed by atoms with Gasteiger partial charge in [-0.1, -0.05) is 18.2 Å². The lowest BCUT2D eigenvalue weighted by atomic mass is 10.2. The van der Waals surface area contributed by atoms with E-state index in [0.29, 0.717) is 0 Å². The van der Waals surface area contributed by atoms with Crippen LogP contribution in [-0.2, 0) is 16.0 Å². The van der Waals surface area contributed by atoms with Crippen LogP contribution in [0.5, 0.6) is 5.75 Å². The highest BCUT2D eigenvalue weighted by atomic mass is 16.5. The Kier molecular flexibility index (Phi) is 7.32. The Balaban J connectivity index is 1.39. The molecule has 2 fully saturated rings. The molecule has 0 unspecified atom stereocenters. The van der Waals surface area contributed by atoms with Crippen molar-refractivity contribution in [2.45, 2.75) is 13.0 Å². The van der Waals surface area contributed by atoms with Gasteiger partial charge in [0.1, 0.15) is 5.75 Å². The number of morpholine rings is 2. The minimum Gasteiger partial charge on any atom is -0.493 e. The molecule has 6 nitrogen and oxygen atoms in total. The third-order valence-electron chi connectivity index (χ3n) is 4.46. The molecule has 0 saturated carbocycles. The Hall–Kier alpha value is -1.18. The number of ether oxygens (including phenoxy) is 3. The highest BCUT2D eigenvalue weighted by molar-refractivity contribution is 5.33. The fourth-order valence-corrected chi connectivity index (χ4v) is 3.00. The molecule has 0 amide bonds. The average molecular weight is 335 g/mol. The lowest BCUT2D eigenvalue weighted by molar-refractivity contribution is 0.0104. The quantitative estimate of drug-likeness (QED) is 0.719. The van der Waals surface area contributed by atoms with Crippen LogP contribution in [-0.4, -0.2) is 75.7 Å². The molecule has 1 aromatic rings. The van der Waals surface area contributed by atoms with Crippen molar-refractivity contribution in [2.24, 2.45) is 0 Å². The fraction of sp³-hybridized carbons (Fsp3) is 0.667. The molecule has 0 aliphatic carbocycles. The number of nitrogens with one attached hydrogen (secondary N) is 1. The molecule has 0 spiro atoms. The largest absolute Gasteiger partial charge is 0.493 e. The molecular weight excluding hydrogens is 306 g/mol. The summed E-state index contributed by atoms with van der Waals surface area (Å²) in [5.74, 6) is 0.986. The summed E-state index contributed by atoms with van der Waals surface area (Å²) in [6.45, 7) is 9.89. The summed E-state index contributed by atoms with van der Waals surface area (Å²) < 4.78 is 16.8. The first-order valence-corrected chi connectivity index (χ1v) is 8.99. The molecule has 2 heterocycles. The maximum atomic E-state index is 6.03. The minimum absolute atomic E-state index is 0.756. The molecule has 0 bridgehead atoms. The van der Waals surface area contributed by atoms with Gasteiger partial charge in [0.05, 0.1) is 33.0 Å². The number of benzene rings is 1. The number of rotatable bonds is 8. The summed E-state index contributed by atoms with van der Waals surface area (Å²) >= 11 is 0. The van der Waals surface area contributed by atoms with Crippen molar-refractivity contribution in [1.29, 1.82) is 0 Å². The van der Waals surface area contributed by atoms with Crippen LogP contribution < -0.4 is 10.2 Å². The fourth-order valence-electron chi connectivity index (χ4n) is 3.00. The molecule has 134 valence electrons. The zero-order chi connectivity index (χ0) is 16.5. The molecule has 2 aliphatic rings. The lowest BCUT2D eigenvalue weighted by Gasteiger charge is -2.27. The second kappa shape index (κ2) is 9.96. The van der Waals surface area contributed by atoms with Crippen molar-refractivity contribution in [3.05, 3.63) is 29.8 Å². The Morgan fingerprint density at radius 3 is 2.46 bits per heavy atom. The summed E-state index contributed by atoms with van der Waals surface area (Å²) in [5.41, 5.74) is 4.68. The van der Waals surface area contributed by atoms with Crippen LogP contribution in [0.25, 0.3) is 0 Å². The molecule has 0 atom stereocenters. The minimum atomic E-state index is 0.756. The van der Waals surface area contributed by atoms with Crippen molar-refractivity contribution in [3.8, 4) is 5.75 Å². The average Bonchev–Trinajstić information content (AvgIpc) is 2.66. The van der Waals surface area contributed by atoms with E-state index < -0.39 is 0 Å². The SMILES string of the molecule is c1ccc(OCCCN2CCOCC2)c(CNN2CCOCC2)c1. The van der Waals surface area contributed by atoms with Gasteiger partial charge in [0.2, 0.25) is 0 Å². The number of para-hydroxylation sites is 1. The number of hydrogen-bond donors (Lipinski definition) is 1. The smallest absolute Gasteiger partial charge is 0.123 e. The van der Waals surface area contributed by atoms with E-state index in [1.165, 1.54) is 5.56 Å². The lowest BCUT2D eigenvalue weighted by Crippen LogP contribution is -2.45. The molecule has 0 radical (unpaired) electrons. The first kappa shape index (κ1) is 17.6. The van der Waals surface area contributed by atoms with Gasteiger partial charge >= 0.3 is 0 Å². The second-order valence-electron chi connectivity index (χ2n) is 6.20. The molecule has 2 aliphatic heterocycles. The predicted molar refractivity (Wildman–Crippen MR) is 93.0 cm³/mol. The van der Waals surface area contributed by atoms with E-state index in [1.807, 2.05) is 6.07 Å². The summed E-state index contributed by atoms with van der Waals surface area (Å²) in [4.78, 5) is 2.44. The van der Waals surface area contributed by atoms with Gasteiger partial charge in [0.15, 0.2) is 0 Å². The van der Waals surface area contributed by atoms with Gasteiger partial charge in [-0.05, 0) is 12.5 Å². The van der Waals surface area contributed by atoms with Crippen LogP contribution in [0.15, 0.2) is 24.3 Å². The highest BCUT2D eigenvalue weighted by Gasteiger charge is 2.12. The third-order valence-corrected chi connectivity index (χ3v) is 4.46. The summed E-state index contributed by atoms with van der Waals surface area (Å²) in [6.07, 6.45) is 1.05. The van der Waals surface area contributed by atoms with Crippen LogP contribution in [0.3, 0.4) is 0 Å². The molecule has 24 heavy (non-hydrogen) atoms. The molecule has 6 heteroatoms. The van der Waals surface area contributed by atoms with Crippen LogP contribution in [0.2, 0.25) is 0 Å². The molecule has 2 saturated heterocycles. The van der Waals surface area contributed by atoms with Crippen molar-refractivity contribution < 1.29 is 14.2 Å². The summed E-state index contributed by atoms with van der Waals surface area (Å²) in [7, 11) is 0. The van der Waals surface area contributed by atoms with Crippen molar-refractivity contribution in [2.75, 3.05) is 65.8 Å². The van der Waals surface area contributed by atoms with Crippen molar-refractivity contribution in [3.63, 3.8) is 0 Å². The maximum Gasteiger partial charge on any atom is 0.123 e. The molecule has 0 aromatic heterocycles. The van der Waals surface area contributed by atoms with Crippen LogP contribution in [0.1, 0.15) is 12.0 Å². The molecule has 1 aromatic carbocycles. The third kappa shape index (κ3) is 5.72. The van der Waals surface area contributed by atoms with E-state index in [0.717, 1.165) is 84.5 Å². The van der Waals surface area contributed by atoms with Crippen molar-refractivity contribution >= 4 is 0 Å².